The van der Waals surface area contributed by atoms with E-state index < -0.39 is 11.7 Å². The number of carbonyl (C=O) groups is 1. The Balaban J connectivity index is 0.00000576. The van der Waals surface area contributed by atoms with Gasteiger partial charge in [0, 0.05) is 20.1 Å². The molecule has 0 radical (unpaired) electrons. The minimum Gasteiger partial charge on any atom is -0.444 e. The summed E-state index contributed by atoms with van der Waals surface area (Å²) in [6.45, 7) is 8.98. The van der Waals surface area contributed by atoms with Crippen LogP contribution in [0.2, 0.25) is 0 Å². The van der Waals surface area contributed by atoms with Crippen LogP contribution in [0.1, 0.15) is 45.7 Å². The highest BCUT2D eigenvalue weighted by Crippen LogP contribution is 2.14. The lowest BCUT2D eigenvalue weighted by Crippen LogP contribution is -2.44. The molecule has 1 unspecified atom stereocenters. The van der Waals surface area contributed by atoms with Crippen molar-refractivity contribution in [3.8, 4) is 0 Å². The maximum Gasteiger partial charge on any atom is 0.408 e. The number of ether oxygens (including phenoxy) is 1. The molecule has 0 aliphatic rings. The maximum absolute atomic E-state index is 12.1. The molecule has 0 spiro atoms. The lowest BCUT2D eigenvalue weighted by molar-refractivity contribution is 0.0504. The number of carbonyl (C=O) groups excluding carboxylic acids is 1. The first-order valence-corrected chi connectivity index (χ1v) is 8.34. The second-order valence-corrected chi connectivity index (χ2v) is 6.49. The number of rotatable bonds is 6. The van der Waals surface area contributed by atoms with Gasteiger partial charge < -0.3 is 20.7 Å². The molecule has 142 valence electrons. The van der Waals surface area contributed by atoms with Gasteiger partial charge in [-0.05, 0) is 32.8 Å². The highest BCUT2D eigenvalue weighted by molar-refractivity contribution is 14.0. The Morgan fingerprint density at radius 3 is 2.36 bits per heavy atom. The summed E-state index contributed by atoms with van der Waals surface area (Å²) in [4.78, 5) is 16.3. The van der Waals surface area contributed by atoms with E-state index in [1.54, 1.807) is 7.05 Å². The van der Waals surface area contributed by atoms with Crippen LogP contribution in [0.3, 0.4) is 0 Å². The van der Waals surface area contributed by atoms with Gasteiger partial charge >= 0.3 is 6.09 Å². The Morgan fingerprint density at radius 2 is 1.84 bits per heavy atom. The van der Waals surface area contributed by atoms with Crippen LogP contribution in [-0.2, 0) is 4.74 Å². The molecule has 1 aromatic carbocycles. The number of aliphatic imine (C=N–C) groups is 1. The first-order valence-electron chi connectivity index (χ1n) is 8.34. The Kier molecular flexibility index (Phi) is 11.2. The van der Waals surface area contributed by atoms with E-state index in [1.807, 2.05) is 51.1 Å². The van der Waals surface area contributed by atoms with Gasteiger partial charge in [0.25, 0.3) is 0 Å². The quantitative estimate of drug-likeness (QED) is 0.344. The van der Waals surface area contributed by atoms with E-state index in [0.29, 0.717) is 12.5 Å². The molecule has 3 N–H and O–H groups in total. The average molecular weight is 462 g/mol. The summed E-state index contributed by atoms with van der Waals surface area (Å²) in [6.07, 6.45) is 0.577. The number of nitrogens with one attached hydrogen (secondary N) is 3. The zero-order chi connectivity index (χ0) is 18.0. The highest BCUT2D eigenvalue weighted by Gasteiger charge is 2.20. The third kappa shape index (κ3) is 10.2. The summed E-state index contributed by atoms with van der Waals surface area (Å²) in [5.41, 5.74) is 0.471. The first kappa shape index (κ1) is 23.5. The van der Waals surface area contributed by atoms with Gasteiger partial charge in [-0.3, -0.25) is 4.99 Å². The van der Waals surface area contributed by atoms with Crippen LogP contribution in [0, 0.1) is 0 Å². The van der Waals surface area contributed by atoms with Crippen LogP contribution in [0.4, 0.5) is 4.79 Å². The van der Waals surface area contributed by atoms with Crippen molar-refractivity contribution >= 4 is 36.0 Å². The van der Waals surface area contributed by atoms with Crippen LogP contribution in [0.15, 0.2) is 35.3 Å². The average Bonchev–Trinajstić information content (AvgIpc) is 2.53. The van der Waals surface area contributed by atoms with Crippen LogP contribution in [-0.4, -0.2) is 37.8 Å². The van der Waals surface area contributed by atoms with Crippen LogP contribution < -0.4 is 16.0 Å². The summed E-state index contributed by atoms with van der Waals surface area (Å²) in [5.74, 6) is 0.712. The molecule has 0 fully saturated rings. The molecule has 25 heavy (non-hydrogen) atoms. The minimum atomic E-state index is -0.530. The molecule has 6 nitrogen and oxygen atoms in total. The van der Waals surface area contributed by atoms with Crippen LogP contribution >= 0.6 is 24.0 Å². The Labute approximate surface area is 168 Å². The Morgan fingerprint density at radius 1 is 1.20 bits per heavy atom. The lowest BCUT2D eigenvalue weighted by Gasteiger charge is -2.24. The first-order chi connectivity index (χ1) is 11.4. The topological polar surface area (TPSA) is 74.8 Å². The van der Waals surface area contributed by atoms with Crippen LogP contribution in [0.5, 0.6) is 0 Å². The molecule has 1 amide bonds. The number of halogens is 1. The molecule has 1 rings (SSSR count). The number of alkyl carbamates (subject to hydrolysis) is 1. The standard InChI is InChI=1S/C18H30N4O2.HI/c1-6-12-20-16(19-5)21-13-15(14-10-8-7-9-11-14)22-17(23)24-18(2,3)4;/h7-11,15H,6,12-13H2,1-5H3,(H,22,23)(H2,19,20,21);1H. The molecule has 0 heterocycles. The minimum absolute atomic E-state index is 0. The Bertz CT molecular complexity index is 530. The number of benzene rings is 1. The van der Waals surface area contributed by atoms with Crippen molar-refractivity contribution in [1.29, 1.82) is 0 Å². The van der Waals surface area contributed by atoms with Crippen molar-refractivity contribution in [1.82, 2.24) is 16.0 Å². The van der Waals surface area contributed by atoms with Gasteiger partial charge in [0.1, 0.15) is 5.60 Å². The largest absolute Gasteiger partial charge is 0.444 e. The lowest BCUT2D eigenvalue weighted by atomic mass is 10.1. The fourth-order valence-corrected chi connectivity index (χ4v) is 2.05. The van der Waals surface area contributed by atoms with E-state index in [-0.39, 0.29) is 30.0 Å². The summed E-state index contributed by atoms with van der Waals surface area (Å²) >= 11 is 0. The second-order valence-electron chi connectivity index (χ2n) is 6.49. The molecule has 0 saturated heterocycles. The molecule has 7 heteroatoms. The van der Waals surface area contributed by atoms with E-state index in [0.717, 1.165) is 18.5 Å². The SMILES string of the molecule is CCCNC(=NC)NCC(NC(=O)OC(C)(C)C)c1ccccc1.I. The van der Waals surface area contributed by atoms with E-state index in [1.165, 1.54) is 0 Å². The van der Waals surface area contributed by atoms with Crippen molar-refractivity contribution < 1.29 is 9.53 Å². The van der Waals surface area contributed by atoms with Gasteiger partial charge in [-0.15, -0.1) is 24.0 Å². The number of amides is 1. The molecule has 0 bridgehead atoms. The number of hydrogen-bond acceptors (Lipinski definition) is 3. The third-order valence-corrected chi connectivity index (χ3v) is 3.13. The number of hydrogen-bond donors (Lipinski definition) is 3. The maximum atomic E-state index is 12.1. The van der Waals surface area contributed by atoms with Gasteiger partial charge in [-0.1, -0.05) is 37.3 Å². The summed E-state index contributed by atoms with van der Waals surface area (Å²) in [7, 11) is 1.73. The van der Waals surface area contributed by atoms with E-state index in [2.05, 4.69) is 27.9 Å². The molecule has 1 atom stereocenters. The van der Waals surface area contributed by atoms with Gasteiger partial charge in [0.2, 0.25) is 0 Å². The zero-order valence-electron chi connectivity index (χ0n) is 15.8. The molecule has 0 saturated carbocycles. The van der Waals surface area contributed by atoms with Gasteiger partial charge in [-0.2, -0.15) is 0 Å². The molecule has 0 aliphatic heterocycles. The van der Waals surface area contributed by atoms with Crippen molar-refractivity contribution in [2.24, 2.45) is 4.99 Å². The summed E-state index contributed by atoms with van der Waals surface area (Å²) in [5, 5.41) is 9.37. The highest BCUT2D eigenvalue weighted by atomic mass is 127. The molecular weight excluding hydrogens is 431 g/mol. The zero-order valence-corrected chi connectivity index (χ0v) is 18.1. The Hall–Kier alpha value is -1.51. The van der Waals surface area contributed by atoms with E-state index in [4.69, 9.17) is 4.74 Å². The fourth-order valence-electron chi connectivity index (χ4n) is 2.05. The van der Waals surface area contributed by atoms with E-state index >= 15 is 0 Å². The van der Waals surface area contributed by atoms with Crippen LogP contribution in [0.25, 0.3) is 0 Å². The molecule has 1 aromatic rings. The van der Waals surface area contributed by atoms with E-state index in [9.17, 15) is 4.79 Å². The number of guanidine groups is 1. The molecule has 0 aromatic heterocycles. The molecular formula is C18H31IN4O2. The van der Waals surface area contributed by atoms with Crippen molar-refractivity contribution in [3.05, 3.63) is 35.9 Å². The predicted molar refractivity (Wildman–Crippen MR) is 114 cm³/mol. The van der Waals surface area contributed by atoms with Gasteiger partial charge in [0.05, 0.1) is 6.04 Å². The molecule has 0 aliphatic carbocycles. The van der Waals surface area contributed by atoms with Gasteiger partial charge in [0.15, 0.2) is 5.96 Å². The normalized spacial score (nSPS) is 12.6. The monoisotopic (exact) mass is 462 g/mol. The smallest absolute Gasteiger partial charge is 0.408 e. The summed E-state index contributed by atoms with van der Waals surface area (Å²) in [6, 6.07) is 9.58. The number of nitrogens with zero attached hydrogens (tertiary/aromatic N) is 1. The fraction of sp³-hybridized carbons (Fsp3) is 0.556. The third-order valence-electron chi connectivity index (χ3n) is 3.13. The summed E-state index contributed by atoms with van der Waals surface area (Å²) < 4.78 is 5.36. The second kappa shape index (κ2) is 11.9. The van der Waals surface area contributed by atoms with Crippen molar-refractivity contribution in [3.63, 3.8) is 0 Å². The predicted octanol–water partition coefficient (Wildman–Crippen LogP) is 3.45. The van der Waals surface area contributed by atoms with Gasteiger partial charge in [-0.25, -0.2) is 4.79 Å². The van der Waals surface area contributed by atoms with Crippen molar-refractivity contribution in [2.45, 2.75) is 45.8 Å². The van der Waals surface area contributed by atoms with Crippen molar-refractivity contribution in [2.75, 3.05) is 20.1 Å².